The molecule has 3 heterocycles. The van der Waals surface area contributed by atoms with Crippen LogP contribution in [-0.4, -0.2) is 74.3 Å². The van der Waals surface area contributed by atoms with Gasteiger partial charge in [-0.15, -0.1) is 5.11 Å². The number of urea groups is 1. The number of carbonyl (C=O) groups is 3. The van der Waals surface area contributed by atoms with Crippen molar-refractivity contribution in [2.24, 2.45) is 15.2 Å². The summed E-state index contributed by atoms with van der Waals surface area (Å²) in [7, 11) is 0. The molecule has 0 spiro atoms. The molecule has 0 saturated carbocycles. The van der Waals surface area contributed by atoms with Crippen molar-refractivity contribution in [1.82, 2.24) is 10.2 Å². The summed E-state index contributed by atoms with van der Waals surface area (Å²) in [5.74, 6) is -0.376. The van der Waals surface area contributed by atoms with Crippen molar-refractivity contribution in [2.45, 2.75) is 13.0 Å². The summed E-state index contributed by atoms with van der Waals surface area (Å²) >= 11 is 0. The minimum Gasteiger partial charge on any atom is -0.442 e. The number of aliphatic imine (C=N–C) groups is 1. The molecule has 0 radical (unpaired) electrons. The van der Waals surface area contributed by atoms with Crippen LogP contribution >= 0.6 is 0 Å². The number of ether oxygens (including phenoxy) is 1. The van der Waals surface area contributed by atoms with E-state index < -0.39 is 24.0 Å². The summed E-state index contributed by atoms with van der Waals surface area (Å²) in [4.78, 5) is 43.0. The minimum absolute atomic E-state index is 0.207. The van der Waals surface area contributed by atoms with Gasteiger partial charge in [-0.2, -0.15) is 4.99 Å². The van der Waals surface area contributed by atoms with E-state index in [2.05, 4.69) is 20.5 Å². The third-order valence-electron chi connectivity index (χ3n) is 5.02. The average molecular weight is 417 g/mol. The van der Waals surface area contributed by atoms with Crippen LogP contribution in [0, 0.1) is 5.82 Å². The lowest BCUT2D eigenvalue weighted by Gasteiger charge is -2.36. The molecule has 0 aliphatic carbocycles. The molecule has 158 valence electrons. The van der Waals surface area contributed by atoms with E-state index in [1.165, 1.54) is 17.9 Å². The van der Waals surface area contributed by atoms with E-state index >= 15 is 0 Å². The Morgan fingerprint density at radius 1 is 1.20 bits per heavy atom. The number of nitrogens with zero attached hydrogens (tertiary/aromatic N) is 6. The highest BCUT2D eigenvalue weighted by atomic mass is 19.1. The van der Waals surface area contributed by atoms with Crippen LogP contribution in [0.3, 0.4) is 0 Å². The van der Waals surface area contributed by atoms with Crippen LogP contribution in [0.25, 0.3) is 0 Å². The maximum Gasteiger partial charge on any atom is 0.414 e. The molecule has 3 aliphatic rings. The molecule has 0 bridgehead atoms. The Kier molecular flexibility index (Phi) is 5.29. The molecule has 1 N–H and O–H groups in total. The Labute approximate surface area is 171 Å². The van der Waals surface area contributed by atoms with Gasteiger partial charge in [-0.3, -0.25) is 9.69 Å². The number of cyclic esters (lactones) is 1. The number of hydrogen-bond donors (Lipinski definition) is 1. The SMILES string of the molecule is CC(=O)NC[C@H]1CN(c2ccc(N3CCN(C4=NC(=O)N=N4)CC3)c(F)c2)C(=O)O1. The normalized spacial score (nSPS) is 21.2. The summed E-state index contributed by atoms with van der Waals surface area (Å²) in [6.45, 7) is 3.90. The maximum atomic E-state index is 14.8. The smallest absolute Gasteiger partial charge is 0.414 e. The van der Waals surface area contributed by atoms with Crippen LogP contribution < -0.4 is 15.1 Å². The molecular weight excluding hydrogens is 397 g/mol. The first kappa shape index (κ1) is 19.7. The largest absolute Gasteiger partial charge is 0.442 e. The van der Waals surface area contributed by atoms with Gasteiger partial charge in [0.25, 0.3) is 0 Å². The maximum absolute atomic E-state index is 14.8. The van der Waals surface area contributed by atoms with Crippen molar-refractivity contribution in [3.05, 3.63) is 24.0 Å². The number of piperazine rings is 1. The van der Waals surface area contributed by atoms with Gasteiger partial charge >= 0.3 is 12.1 Å². The van der Waals surface area contributed by atoms with Crippen molar-refractivity contribution in [3.63, 3.8) is 0 Å². The Balaban J connectivity index is 1.39. The quantitative estimate of drug-likeness (QED) is 0.790. The summed E-state index contributed by atoms with van der Waals surface area (Å²) in [6.07, 6.45) is -1.06. The molecule has 0 unspecified atom stereocenters. The fourth-order valence-electron chi connectivity index (χ4n) is 3.52. The van der Waals surface area contributed by atoms with Gasteiger partial charge < -0.3 is 19.9 Å². The summed E-state index contributed by atoms with van der Waals surface area (Å²) in [6, 6.07) is 3.98. The number of anilines is 2. The number of hydrogen-bond acceptors (Lipinski definition) is 7. The second-order valence-electron chi connectivity index (χ2n) is 7.06. The van der Waals surface area contributed by atoms with Crippen LogP contribution in [0.5, 0.6) is 0 Å². The topological polar surface area (TPSA) is 119 Å². The van der Waals surface area contributed by atoms with Gasteiger partial charge in [0.15, 0.2) is 0 Å². The minimum atomic E-state index is -0.617. The van der Waals surface area contributed by atoms with Gasteiger partial charge in [0.05, 0.1) is 24.5 Å². The predicted octanol–water partition coefficient (Wildman–Crippen LogP) is 1.35. The lowest BCUT2D eigenvalue weighted by atomic mass is 10.2. The lowest BCUT2D eigenvalue weighted by molar-refractivity contribution is -0.119. The van der Waals surface area contributed by atoms with E-state index in [1.807, 2.05) is 9.80 Å². The van der Waals surface area contributed by atoms with E-state index in [0.29, 0.717) is 37.6 Å². The fraction of sp³-hybridized carbons (Fsp3) is 0.444. The molecular formula is C18H20FN7O4. The molecule has 4 rings (SSSR count). The zero-order valence-electron chi connectivity index (χ0n) is 16.2. The van der Waals surface area contributed by atoms with E-state index in [4.69, 9.17) is 4.74 Å². The molecule has 0 aromatic heterocycles. The van der Waals surface area contributed by atoms with Crippen LogP contribution in [0.15, 0.2) is 33.4 Å². The number of azo groups is 1. The summed E-state index contributed by atoms with van der Waals surface area (Å²) < 4.78 is 20.0. The molecule has 11 nitrogen and oxygen atoms in total. The number of benzene rings is 1. The number of carbonyl (C=O) groups excluding carboxylic acids is 3. The number of rotatable bonds is 4. The Hall–Kier alpha value is -3.57. The molecule has 2 fully saturated rings. The van der Waals surface area contributed by atoms with Crippen molar-refractivity contribution in [3.8, 4) is 0 Å². The Morgan fingerprint density at radius 3 is 2.57 bits per heavy atom. The lowest BCUT2D eigenvalue weighted by Crippen LogP contribution is -2.48. The second-order valence-corrected chi connectivity index (χ2v) is 7.06. The highest BCUT2D eigenvalue weighted by molar-refractivity contribution is 5.97. The zero-order valence-corrected chi connectivity index (χ0v) is 16.2. The van der Waals surface area contributed by atoms with Crippen molar-refractivity contribution < 1.29 is 23.5 Å². The predicted molar refractivity (Wildman–Crippen MR) is 104 cm³/mol. The van der Waals surface area contributed by atoms with Crippen LogP contribution in [-0.2, 0) is 9.53 Å². The molecule has 1 atom stereocenters. The van der Waals surface area contributed by atoms with Crippen LogP contribution in [0.4, 0.5) is 25.4 Å². The molecule has 12 heteroatoms. The third-order valence-corrected chi connectivity index (χ3v) is 5.02. The third kappa shape index (κ3) is 4.07. The number of guanidine groups is 1. The van der Waals surface area contributed by atoms with E-state index in [0.717, 1.165) is 0 Å². The van der Waals surface area contributed by atoms with E-state index in [1.54, 1.807) is 12.1 Å². The highest BCUT2D eigenvalue weighted by Crippen LogP contribution is 2.28. The van der Waals surface area contributed by atoms with Gasteiger partial charge in [-0.25, -0.2) is 14.0 Å². The van der Waals surface area contributed by atoms with Gasteiger partial charge in [0, 0.05) is 33.1 Å². The molecule has 1 aromatic rings. The van der Waals surface area contributed by atoms with Gasteiger partial charge in [0.2, 0.25) is 11.9 Å². The average Bonchev–Trinajstić information content (AvgIpc) is 3.32. The standard InChI is InChI=1S/C18H20FN7O4/c1-11(27)20-9-13-10-26(18(29)30-13)12-2-3-15(14(19)8-12)24-4-6-25(7-5-24)16-21-17(28)23-22-16/h2-3,8,13H,4-7,9-10H2,1H3,(H,20,27)/t13-/m0/s1. The molecule has 2 saturated heterocycles. The van der Waals surface area contributed by atoms with Gasteiger partial charge in [-0.1, -0.05) is 5.11 Å². The van der Waals surface area contributed by atoms with Gasteiger partial charge in [0.1, 0.15) is 11.9 Å². The van der Waals surface area contributed by atoms with E-state index in [-0.39, 0.29) is 25.0 Å². The Bertz CT molecular complexity index is 942. The van der Waals surface area contributed by atoms with E-state index in [9.17, 15) is 18.8 Å². The Morgan fingerprint density at radius 2 is 1.93 bits per heavy atom. The number of halogens is 1. The first-order valence-corrected chi connectivity index (χ1v) is 9.47. The number of amides is 4. The fourth-order valence-corrected chi connectivity index (χ4v) is 3.52. The first-order valence-electron chi connectivity index (χ1n) is 9.47. The van der Waals surface area contributed by atoms with Crippen LogP contribution in [0.1, 0.15) is 6.92 Å². The molecule has 4 amide bonds. The van der Waals surface area contributed by atoms with Crippen molar-refractivity contribution in [1.29, 1.82) is 0 Å². The molecule has 3 aliphatic heterocycles. The molecule has 30 heavy (non-hydrogen) atoms. The second kappa shape index (κ2) is 8.05. The summed E-state index contributed by atoms with van der Waals surface area (Å²) in [5.41, 5.74) is 0.816. The zero-order chi connectivity index (χ0) is 21.3. The number of nitrogens with one attached hydrogen (secondary N) is 1. The van der Waals surface area contributed by atoms with Crippen molar-refractivity contribution in [2.75, 3.05) is 49.1 Å². The highest BCUT2D eigenvalue weighted by Gasteiger charge is 2.33. The van der Waals surface area contributed by atoms with Crippen LogP contribution in [0.2, 0.25) is 0 Å². The van der Waals surface area contributed by atoms with Gasteiger partial charge in [-0.05, 0) is 18.2 Å². The van der Waals surface area contributed by atoms with Crippen molar-refractivity contribution >= 4 is 35.4 Å². The first-order chi connectivity index (χ1) is 14.4. The molecule has 1 aromatic carbocycles. The monoisotopic (exact) mass is 417 g/mol. The summed E-state index contributed by atoms with van der Waals surface area (Å²) in [5, 5.41) is 9.70.